The molecule has 2 aliphatic heterocycles. The Labute approximate surface area is 181 Å². The van der Waals surface area contributed by atoms with E-state index >= 15 is 0 Å². The fraction of sp³-hybridized carbons (Fsp3) is 0.522. The van der Waals surface area contributed by atoms with Gasteiger partial charge in [-0.05, 0) is 57.2 Å². The first kappa shape index (κ1) is 21.6. The normalized spacial score (nSPS) is 22.8. The van der Waals surface area contributed by atoms with Crippen LogP contribution in [-0.4, -0.2) is 74.2 Å². The number of piperidine rings is 2. The number of carbonyl (C=O) groups excluding carboxylic acids is 1. The lowest BCUT2D eigenvalue weighted by Gasteiger charge is -2.39. The molecule has 1 aromatic carbocycles. The number of nitrogens with zero attached hydrogens (tertiary/aromatic N) is 4. The third-order valence-electron chi connectivity index (χ3n) is 6.23. The van der Waals surface area contributed by atoms with Crippen LogP contribution < -0.4 is 10.2 Å². The number of anilines is 1. The molecule has 1 aromatic heterocycles. The van der Waals surface area contributed by atoms with Crippen molar-refractivity contribution in [1.82, 2.24) is 15.2 Å². The van der Waals surface area contributed by atoms with Gasteiger partial charge in [0.2, 0.25) is 5.91 Å². The molecule has 2 aromatic rings. The number of likely N-dealkylation sites (tertiary alicyclic amines) is 1. The molecule has 1 amide bonds. The highest BCUT2D eigenvalue weighted by molar-refractivity contribution is 6.03. The number of fused-ring (bicyclic) bond motifs is 1. The fourth-order valence-corrected chi connectivity index (χ4v) is 4.63. The van der Waals surface area contributed by atoms with E-state index in [1.807, 2.05) is 18.2 Å². The number of hydrogen-bond donors (Lipinski definition) is 1. The Bertz CT molecular complexity index is 972. The topological polar surface area (TPSA) is 60.8 Å². The van der Waals surface area contributed by atoms with E-state index < -0.39 is 24.8 Å². The molecule has 2 fully saturated rings. The van der Waals surface area contributed by atoms with Crippen LogP contribution in [0.4, 0.5) is 14.5 Å². The highest BCUT2D eigenvalue weighted by Gasteiger charge is 2.43. The summed E-state index contributed by atoms with van der Waals surface area (Å²) in [5.41, 5.74) is 2.22. The van der Waals surface area contributed by atoms with Crippen LogP contribution in [0.5, 0.6) is 0 Å². The van der Waals surface area contributed by atoms with E-state index in [2.05, 4.69) is 27.2 Å². The molecule has 0 spiro atoms. The van der Waals surface area contributed by atoms with E-state index in [4.69, 9.17) is 0 Å². The SMILES string of the molecule is CN=Cc1ccc(N2CC(C(=O)NC3CCN(C)CC3)CC(F)(F)C2)c2cccnc12. The van der Waals surface area contributed by atoms with Gasteiger partial charge in [0.1, 0.15) is 0 Å². The van der Waals surface area contributed by atoms with E-state index in [-0.39, 0.29) is 18.5 Å². The summed E-state index contributed by atoms with van der Waals surface area (Å²) in [5, 5.41) is 3.81. The van der Waals surface area contributed by atoms with Gasteiger partial charge in [0.25, 0.3) is 5.92 Å². The van der Waals surface area contributed by atoms with Gasteiger partial charge in [-0.3, -0.25) is 14.8 Å². The Balaban J connectivity index is 1.58. The Morgan fingerprint density at radius 1 is 1.29 bits per heavy atom. The van der Waals surface area contributed by atoms with Crippen molar-refractivity contribution in [2.24, 2.45) is 10.9 Å². The van der Waals surface area contributed by atoms with Gasteiger partial charge in [0, 0.05) is 55.1 Å². The second kappa shape index (κ2) is 8.86. The smallest absolute Gasteiger partial charge is 0.266 e. The quantitative estimate of drug-likeness (QED) is 0.760. The van der Waals surface area contributed by atoms with Crippen LogP contribution in [0.15, 0.2) is 35.5 Å². The number of rotatable bonds is 4. The predicted octanol–water partition coefficient (Wildman–Crippen LogP) is 2.96. The molecule has 1 atom stereocenters. The molecule has 31 heavy (non-hydrogen) atoms. The van der Waals surface area contributed by atoms with Gasteiger partial charge in [-0.15, -0.1) is 0 Å². The van der Waals surface area contributed by atoms with Crippen LogP contribution in [0.25, 0.3) is 10.9 Å². The first-order valence-corrected chi connectivity index (χ1v) is 10.8. The molecular weight excluding hydrogens is 400 g/mol. The van der Waals surface area contributed by atoms with Gasteiger partial charge < -0.3 is 15.1 Å². The third-order valence-corrected chi connectivity index (χ3v) is 6.23. The van der Waals surface area contributed by atoms with Crippen molar-refractivity contribution >= 4 is 28.7 Å². The molecular formula is C23H29F2N5O. The van der Waals surface area contributed by atoms with Crippen LogP contribution in [0.1, 0.15) is 24.8 Å². The second-order valence-electron chi connectivity index (χ2n) is 8.68. The molecule has 0 radical (unpaired) electrons. The Morgan fingerprint density at radius 3 is 2.81 bits per heavy atom. The lowest BCUT2D eigenvalue weighted by Crippen LogP contribution is -2.53. The fourth-order valence-electron chi connectivity index (χ4n) is 4.63. The molecule has 2 aliphatic rings. The van der Waals surface area contributed by atoms with Gasteiger partial charge in [0.15, 0.2) is 0 Å². The molecule has 4 rings (SSSR count). The zero-order valence-corrected chi connectivity index (χ0v) is 18.0. The average molecular weight is 430 g/mol. The minimum atomic E-state index is -2.94. The number of aromatic nitrogens is 1. The van der Waals surface area contributed by atoms with Crippen molar-refractivity contribution in [2.45, 2.75) is 31.2 Å². The van der Waals surface area contributed by atoms with Crippen LogP contribution in [-0.2, 0) is 4.79 Å². The minimum Gasteiger partial charge on any atom is -0.364 e. The number of pyridine rings is 1. The summed E-state index contributed by atoms with van der Waals surface area (Å²) < 4.78 is 29.4. The number of alkyl halides is 2. The van der Waals surface area contributed by atoms with E-state index in [9.17, 15) is 13.6 Å². The lowest BCUT2D eigenvalue weighted by molar-refractivity contribution is -0.130. The minimum absolute atomic E-state index is 0.0605. The van der Waals surface area contributed by atoms with Crippen molar-refractivity contribution < 1.29 is 13.6 Å². The first-order valence-electron chi connectivity index (χ1n) is 10.8. The van der Waals surface area contributed by atoms with E-state index in [1.165, 1.54) is 0 Å². The largest absolute Gasteiger partial charge is 0.364 e. The molecule has 8 heteroatoms. The molecule has 2 saturated heterocycles. The van der Waals surface area contributed by atoms with Crippen molar-refractivity contribution in [3.05, 3.63) is 36.0 Å². The third kappa shape index (κ3) is 4.84. The van der Waals surface area contributed by atoms with E-state index in [0.717, 1.165) is 36.9 Å². The summed E-state index contributed by atoms with van der Waals surface area (Å²) in [6.45, 7) is 1.67. The van der Waals surface area contributed by atoms with Crippen LogP contribution >= 0.6 is 0 Å². The van der Waals surface area contributed by atoms with Gasteiger partial charge in [-0.25, -0.2) is 8.78 Å². The van der Waals surface area contributed by atoms with Crippen LogP contribution in [0.2, 0.25) is 0 Å². The van der Waals surface area contributed by atoms with Gasteiger partial charge in [-0.2, -0.15) is 0 Å². The van der Waals surface area contributed by atoms with Crippen molar-refractivity contribution in [3.63, 3.8) is 0 Å². The number of amides is 1. The van der Waals surface area contributed by atoms with E-state index in [0.29, 0.717) is 11.2 Å². The highest BCUT2D eigenvalue weighted by Crippen LogP contribution is 2.36. The number of benzene rings is 1. The number of nitrogens with one attached hydrogen (secondary N) is 1. The summed E-state index contributed by atoms with van der Waals surface area (Å²) in [6.07, 6.45) is 4.68. The maximum Gasteiger partial charge on any atom is 0.266 e. The summed E-state index contributed by atoms with van der Waals surface area (Å²) in [6, 6.07) is 7.41. The maximum absolute atomic E-state index is 14.7. The maximum atomic E-state index is 14.7. The summed E-state index contributed by atoms with van der Waals surface area (Å²) in [5.74, 6) is -3.96. The Kier molecular flexibility index (Phi) is 6.18. The van der Waals surface area contributed by atoms with Gasteiger partial charge >= 0.3 is 0 Å². The molecule has 0 aliphatic carbocycles. The summed E-state index contributed by atoms with van der Waals surface area (Å²) >= 11 is 0. The Morgan fingerprint density at radius 2 is 2.06 bits per heavy atom. The molecule has 1 N–H and O–H groups in total. The van der Waals surface area contributed by atoms with E-state index in [1.54, 1.807) is 30.4 Å². The number of carbonyl (C=O) groups is 1. The number of aliphatic imine (C=N–C) groups is 1. The number of hydrogen-bond acceptors (Lipinski definition) is 5. The molecule has 166 valence electrons. The zero-order valence-electron chi connectivity index (χ0n) is 18.0. The average Bonchev–Trinajstić information content (AvgIpc) is 2.74. The second-order valence-corrected chi connectivity index (χ2v) is 8.68. The first-order chi connectivity index (χ1) is 14.9. The van der Waals surface area contributed by atoms with Crippen molar-refractivity contribution in [3.8, 4) is 0 Å². The molecule has 1 unspecified atom stereocenters. The standard InChI is InChI=1S/C23H29F2N5O/c1-26-13-16-5-6-20(19-4-3-9-27-21(16)19)30-14-17(12-23(24,25)15-30)22(31)28-18-7-10-29(2)11-8-18/h3-6,9,13,17-18H,7-8,10-12,14-15H2,1-2H3,(H,28,31). The highest BCUT2D eigenvalue weighted by atomic mass is 19.3. The molecule has 0 saturated carbocycles. The van der Waals surface area contributed by atoms with Gasteiger partial charge in [-0.1, -0.05) is 0 Å². The predicted molar refractivity (Wildman–Crippen MR) is 119 cm³/mol. The van der Waals surface area contributed by atoms with Crippen molar-refractivity contribution in [1.29, 1.82) is 0 Å². The summed E-state index contributed by atoms with van der Waals surface area (Å²) in [7, 11) is 3.73. The summed E-state index contributed by atoms with van der Waals surface area (Å²) in [4.78, 5) is 25.3. The molecule has 3 heterocycles. The van der Waals surface area contributed by atoms with Crippen LogP contribution in [0, 0.1) is 5.92 Å². The molecule has 6 nitrogen and oxygen atoms in total. The number of halogens is 2. The zero-order chi connectivity index (χ0) is 22.0. The monoisotopic (exact) mass is 429 g/mol. The lowest BCUT2D eigenvalue weighted by atomic mass is 9.92. The van der Waals surface area contributed by atoms with Crippen molar-refractivity contribution in [2.75, 3.05) is 45.2 Å². The molecule has 0 bridgehead atoms. The van der Waals surface area contributed by atoms with Gasteiger partial charge in [0.05, 0.1) is 18.0 Å². The Hall–Kier alpha value is -2.61. The van der Waals surface area contributed by atoms with Crippen LogP contribution in [0.3, 0.4) is 0 Å².